The first-order valence-electron chi connectivity index (χ1n) is 8.81. The lowest BCUT2D eigenvalue weighted by Gasteiger charge is -2.45. The van der Waals surface area contributed by atoms with Crippen LogP contribution in [-0.4, -0.2) is 49.3 Å². The Balaban J connectivity index is 1.62. The van der Waals surface area contributed by atoms with E-state index in [1.807, 2.05) is 0 Å². The van der Waals surface area contributed by atoms with Crippen molar-refractivity contribution in [3.05, 3.63) is 72.3 Å². The van der Waals surface area contributed by atoms with Crippen molar-refractivity contribution in [3.8, 4) is 0 Å². The Morgan fingerprint density at radius 3 is 2.50 bits per heavy atom. The topological polar surface area (TPSA) is 84.0 Å². The van der Waals surface area contributed by atoms with E-state index in [0.717, 1.165) is 4.31 Å². The predicted octanol–water partition coefficient (Wildman–Crippen LogP) is 1.57. The molecule has 0 unspecified atom stereocenters. The molecule has 1 amide bonds. The third-order valence-corrected chi connectivity index (χ3v) is 7.06. The second kappa shape index (κ2) is 5.84. The summed E-state index contributed by atoms with van der Waals surface area (Å²) in [5.41, 5.74) is -0.503. The average molecular weight is 396 g/mol. The van der Waals surface area contributed by atoms with Gasteiger partial charge in [0, 0.05) is 5.56 Å². The number of ether oxygens (including phenoxy) is 1. The molecular formula is C20H16N2O5S. The highest BCUT2D eigenvalue weighted by Crippen LogP contribution is 2.42. The van der Waals surface area contributed by atoms with E-state index in [1.165, 1.54) is 17.0 Å². The van der Waals surface area contributed by atoms with Crippen molar-refractivity contribution in [1.82, 2.24) is 4.31 Å². The quantitative estimate of drug-likeness (QED) is 0.720. The van der Waals surface area contributed by atoms with Gasteiger partial charge < -0.3 is 4.74 Å². The largest absolute Gasteiger partial charge is 0.335 e. The molecule has 8 heteroatoms. The Labute approximate surface area is 161 Å². The average Bonchev–Trinajstić information content (AvgIpc) is 3.07. The summed E-state index contributed by atoms with van der Waals surface area (Å²) in [6.07, 6.45) is 2.37. The van der Waals surface area contributed by atoms with Crippen LogP contribution < -0.4 is 4.90 Å². The number of benzene rings is 2. The molecule has 0 aliphatic carbocycles. The number of amides is 1. The van der Waals surface area contributed by atoms with Crippen molar-refractivity contribution < 1.29 is 22.7 Å². The summed E-state index contributed by atoms with van der Waals surface area (Å²) in [6, 6.07) is 14.8. The Kier molecular flexibility index (Phi) is 3.61. The first-order valence-corrected chi connectivity index (χ1v) is 10.3. The summed E-state index contributed by atoms with van der Waals surface area (Å²) in [7, 11) is -3.89. The van der Waals surface area contributed by atoms with Crippen LogP contribution >= 0.6 is 0 Å². The highest BCUT2D eigenvalue weighted by atomic mass is 32.2. The second-order valence-electron chi connectivity index (χ2n) is 6.94. The molecule has 0 radical (unpaired) electrons. The smallest absolute Gasteiger partial charge is 0.244 e. The zero-order valence-electron chi connectivity index (χ0n) is 14.7. The fraction of sp³-hybridized carbons (Fsp3) is 0.200. The van der Waals surface area contributed by atoms with Crippen molar-refractivity contribution in [2.75, 3.05) is 18.0 Å². The van der Waals surface area contributed by atoms with Gasteiger partial charge in [-0.15, -0.1) is 0 Å². The monoisotopic (exact) mass is 396 g/mol. The third kappa shape index (κ3) is 2.32. The third-order valence-electron chi connectivity index (χ3n) is 5.25. The molecule has 2 aromatic carbocycles. The van der Waals surface area contributed by atoms with Gasteiger partial charge in [-0.05, 0) is 36.4 Å². The molecule has 7 nitrogen and oxygen atoms in total. The molecule has 3 aliphatic rings. The SMILES string of the molecule is O=C1c2ccccc2N2C(=O)CN(S(=O)(=O)c3ccccc3)C[C@@]23C=C[C@H]1O3. The Morgan fingerprint density at radius 2 is 1.71 bits per heavy atom. The molecule has 3 heterocycles. The Morgan fingerprint density at radius 1 is 1.00 bits per heavy atom. The number of piperazine rings is 1. The van der Waals surface area contributed by atoms with Crippen LogP contribution in [0.25, 0.3) is 0 Å². The molecule has 3 aliphatic heterocycles. The number of Topliss-reactive ketones (excluding diaryl/α,β-unsaturated/α-hetero) is 1. The molecule has 5 rings (SSSR count). The van der Waals surface area contributed by atoms with Gasteiger partial charge in [-0.3, -0.25) is 14.5 Å². The van der Waals surface area contributed by atoms with E-state index in [-0.39, 0.29) is 23.8 Å². The first kappa shape index (κ1) is 17.3. The Hall–Kier alpha value is -2.81. The van der Waals surface area contributed by atoms with Crippen LogP contribution in [0.2, 0.25) is 0 Å². The minimum absolute atomic E-state index is 0.0927. The number of hydrogen-bond acceptors (Lipinski definition) is 5. The highest BCUT2D eigenvalue weighted by Gasteiger charge is 2.55. The molecule has 1 spiro atoms. The second-order valence-corrected chi connectivity index (χ2v) is 8.88. The molecule has 2 aromatic rings. The van der Waals surface area contributed by atoms with E-state index in [4.69, 9.17) is 4.74 Å². The molecular weight excluding hydrogens is 380 g/mol. The lowest BCUT2D eigenvalue weighted by Crippen LogP contribution is -2.65. The van der Waals surface area contributed by atoms with Crippen molar-refractivity contribution >= 4 is 27.4 Å². The van der Waals surface area contributed by atoms with Crippen LogP contribution in [-0.2, 0) is 19.6 Å². The number of para-hydroxylation sites is 1. The summed E-state index contributed by atoms with van der Waals surface area (Å²) in [5.74, 6) is -0.693. The molecule has 28 heavy (non-hydrogen) atoms. The maximum Gasteiger partial charge on any atom is 0.244 e. The minimum Gasteiger partial charge on any atom is -0.335 e. The number of fused-ring (bicyclic) bond motifs is 3. The fourth-order valence-electron chi connectivity index (χ4n) is 3.99. The van der Waals surface area contributed by atoms with Gasteiger partial charge in [0.25, 0.3) is 0 Å². The maximum atomic E-state index is 13.1. The van der Waals surface area contributed by atoms with Crippen molar-refractivity contribution in [2.24, 2.45) is 0 Å². The van der Waals surface area contributed by atoms with Crippen molar-refractivity contribution in [2.45, 2.75) is 16.7 Å². The summed E-state index contributed by atoms with van der Waals surface area (Å²) in [4.78, 5) is 27.4. The fourth-order valence-corrected chi connectivity index (χ4v) is 5.42. The minimum atomic E-state index is -3.89. The number of hydrogen-bond donors (Lipinski definition) is 0. The molecule has 142 valence electrons. The van der Waals surface area contributed by atoms with Gasteiger partial charge in [0.05, 0.1) is 23.7 Å². The van der Waals surface area contributed by atoms with E-state index < -0.39 is 27.8 Å². The zero-order valence-corrected chi connectivity index (χ0v) is 15.5. The maximum absolute atomic E-state index is 13.1. The number of ketones is 1. The van der Waals surface area contributed by atoms with Crippen LogP contribution in [0.4, 0.5) is 5.69 Å². The van der Waals surface area contributed by atoms with Crippen LogP contribution in [0.15, 0.2) is 71.6 Å². The highest BCUT2D eigenvalue weighted by molar-refractivity contribution is 7.89. The molecule has 0 aromatic heterocycles. The summed E-state index contributed by atoms with van der Waals surface area (Å²) >= 11 is 0. The normalized spacial score (nSPS) is 26.7. The van der Waals surface area contributed by atoms with E-state index in [0.29, 0.717) is 11.3 Å². The first-order chi connectivity index (χ1) is 13.4. The van der Waals surface area contributed by atoms with E-state index >= 15 is 0 Å². The van der Waals surface area contributed by atoms with Crippen LogP contribution in [0.5, 0.6) is 0 Å². The van der Waals surface area contributed by atoms with Crippen LogP contribution in [0.3, 0.4) is 0 Å². The number of carbonyl (C=O) groups is 2. The molecule has 2 bridgehead atoms. The van der Waals surface area contributed by atoms with Gasteiger partial charge in [0.1, 0.15) is 6.10 Å². The predicted molar refractivity (Wildman–Crippen MR) is 100 cm³/mol. The lowest BCUT2D eigenvalue weighted by atomic mass is 9.99. The van der Waals surface area contributed by atoms with Gasteiger partial charge in [-0.25, -0.2) is 8.42 Å². The van der Waals surface area contributed by atoms with E-state index in [2.05, 4.69) is 0 Å². The van der Waals surface area contributed by atoms with E-state index in [9.17, 15) is 18.0 Å². The standard InChI is InChI=1S/C20H16N2O5S/c23-18-12-21(28(25,26)14-6-2-1-3-7-14)13-20-11-10-17(27-20)19(24)15-8-4-5-9-16(15)22(18)20/h1-11,17H,12-13H2/t17-,20+/m1/s1. The van der Waals surface area contributed by atoms with Crippen LogP contribution in [0, 0.1) is 0 Å². The number of rotatable bonds is 2. The van der Waals surface area contributed by atoms with Gasteiger partial charge in [0.15, 0.2) is 11.5 Å². The molecule has 0 N–H and O–H groups in total. The van der Waals surface area contributed by atoms with Gasteiger partial charge in [-0.2, -0.15) is 4.31 Å². The van der Waals surface area contributed by atoms with Crippen LogP contribution in [0.1, 0.15) is 10.4 Å². The summed E-state index contributed by atoms with van der Waals surface area (Å²) in [5, 5.41) is 0. The summed E-state index contributed by atoms with van der Waals surface area (Å²) in [6.45, 7) is -0.423. The number of carbonyl (C=O) groups excluding carboxylic acids is 2. The number of sulfonamides is 1. The molecule has 2 atom stereocenters. The van der Waals surface area contributed by atoms with Crippen molar-refractivity contribution in [3.63, 3.8) is 0 Å². The molecule has 1 saturated heterocycles. The summed E-state index contributed by atoms with van der Waals surface area (Å²) < 4.78 is 33.3. The molecule has 0 saturated carbocycles. The number of anilines is 1. The van der Waals surface area contributed by atoms with Gasteiger partial charge >= 0.3 is 0 Å². The van der Waals surface area contributed by atoms with Gasteiger partial charge in [0.2, 0.25) is 15.9 Å². The number of nitrogens with zero attached hydrogens (tertiary/aromatic N) is 2. The lowest BCUT2D eigenvalue weighted by molar-refractivity contribution is -0.129. The van der Waals surface area contributed by atoms with Gasteiger partial charge in [-0.1, -0.05) is 30.3 Å². The van der Waals surface area contributed by atoms with E-state index in [1.54, 1.807) is 54.6 Å². The molecule has 1 fully saturated rings. The van der Waals surface area contributed by atoms with Crippen molar-refractivity contribution in [1.29, 1.82) is 0 Å². The zero-order chi connectivity index (χ0) is 19.5. The Bertz CT molecular complexity index is 1130.